The first-order valence-corrected chi connectivity index (χ1v) is 10.3. The summed E-state index contributed by atoms with van der Waals surface area (Å²) in [5.41, 5.74) is -0.0453. The van der Waals surface area contributed by atoms with Crippen molar-refractivity contribution in [2.75, 3.05) is 19.6 Å². The Labute approximate surface area is 181 Å². The fraction of sp³-hybridized carbons (Fsp3) is 0.850. The van der Waals surface area contributed by atoms with Crippen molar-refractivity contribution in [3.8, 4) is 18.2 Å². The Balaban J connectivity index is -0.000000320. The third kappa shape index (κ3) is 18.4. The molecule has 7 heteroatoms. The van der Waals surface area contributed by atoms with Gasteiger partial charge in [-0.15, -0.1) is 34.8 Å². The van der Waals surface area contributed by atoms with Gasteiger partial charge in [-0.05, 0) is 32.1 Å². The van der Waals surface area contributed by atoms with Crippen molar-refractivity contribution < 1.29 is 4.74 Å². The van der Waals surface area contributed by atoms with E-state index in [1.165, 1.54) is 0 Å². The number of nitrogens with zero attached hydrogens (tertiary/aromatic N) is 3. The number of methoxy groups -OCH3 is 1. The summed E-state index contributed by atoms with van der Waals surface area (Å²) in [4.78, 5) is 0. The zero-order valence-electron chi connectivity index (χ0n) is 17.6. The smallest absolute Gasteiger partial charge is 0.0656 e. The van der Waals surface area contributed by atoms with E-state index in [2.05, 4.69) is 12.1 Å². The second-order valence-corrected chi connectivity index (χ2v) is 8.88. The highest BCUT2D eigenvalue weighted by Gasteiger charge is 2.23. The zero-order valence-corrected chi connectivity index (χ0v) is 19.9. The molecular formula is C20H34Cl3N3O. The third-order valence-corrected chi connectivity index (χ3v) is 5.75. The summed E-state index contributed by atoms with van der Waals surface area (Å²) in [6.45, 7) is 12.3. The van der Waals surface area contributed by atoms with E-state index in [9.17, 15) is 0 Å². The molecule has 0 amide bonds. The molecular weight excluding hydrogens is 405 g/mol. The van der Waals surface area contributed by atoms with Crippen molar-refractivity contribution in [2.45, 2.75) is 65.1 Å². The molecule has 0 bridgehead atoms. The van der Waals surface area contributed by atoms with Gasteiger partial charge in [-0.3, -0.25) is 0 Å². The average Bonchev–Trinajstić information content (AvgIpc) is 2.61. The van der Waals surface area contributed by atoms with Gasteiger partial charge in [0.2, 0.25) is 0 Å². The predicted octanol–water partition coefficient (Wildman–Crippen LogP) is 6.36. The molecule has 156 valence electrons. The fourth-order valence-corrected chi connectivity index (χ4v) is 1.88. The van der Waals surface area contributed by atoms with Crippen LogP contribution in [-0.4, -0.2) is 30.4 Å². The van der Waals surface area contributed by atoms with Crippen molar-refractivity contribution >= 4 is 34.8 Å². The molecule has 0 heterocycles. The molecule has 0 aliphatic carbocycles. The largest absolute Gasteiger partial charge is 0.384 e. The van der Waals surface area contributed by atoms with Gasteiger partial charge in [0.15, 0.2) is 0 Å². The maximum absolute atomic E-state index is 8.45. The fourth-order valence-electron chi connectivity index (χ4n) is 1.38. The van der Waals surface area contributed by atoms with Crippen LogP contribution < -0.4 is 0 Å². The molecule has 0 aromatic carbocycles. The molecule has 0 aliphatic rings. The monoisotopic (exact) mass is 437 g/mol. The first-order chi connectivity index (χ1) is 12.4. The Bertz CT molecular complexity index is 476. The molecule has 0 aromatic rings. The Morgan fingerprint density at radius 3 is 1.70 bits per heavy atom. The van der Waals surface area contributed by atoms with Crippen LogP contribution in [0.2, 0.25) is 0 Å². The van der Waals surface area contributed by atoms with Gasteiger partial charge in [-0.25, -0.2) is 0 Å². The molecule has 4 nitrogen and oxygen atoms in total. The lowest BCUT2D eigenvalue weighted by Gasteiger charge is -2.23. The SMILES string of the molecule is CC(Cl)C(C)(C)CC#N.CC(Cl)C(C)C(C)C#N.COCC(CCl)CC#N. The third-order valence-electron chi connectivity index (χ3n) is 4.33. The molecule has 5 atom stereocenters. The second-order valence-electron chi connectivity index (χ2n) is 7.23. The van der Waals surface area contributed by atoms with E-state index in [1.807, 2.05) is 47.6 Å². The van der Waals surface area contributed by atoms with Crippen LogP contribution >= 0.6 is 34.8 Å². The van der Waals surface area contributed by atoms with Gasteiger partial charge in [-0.2, -0.15) is 15.8 Å². The predicted molar refractivity (Wildman–Crippen MR) is 115 cm³/mol. The van der Waals surface area contributed by atoms with E-state index >= 15 is 0 Å². The molecule has 0 rings (SSSR count). The van der Waals surface area contributed by atoms with Gasteiger partial charge in [0.25, 0.3) is 0 Å². The van der Waals surface area contributed by atoms with Gasteiger partial charge in [0.1, 0.15) is 0 Å². The van der Waals surface area contributed by atoms with E-state index in [0.29, 0.717) is 25.3 Å². The second kappa shape index (κ2) is 18.7. The molecule has 0 fully saturated rings. The zero-order chi connectivity index (χ0) is 22.0. The minimum absolute atomic E-state index is 0.0453. The Hall–Kier alpha value is -0.700. The number of halogens is 3. The Kier molecular flexibility index (Phi) is 21.4. The summed E-state index contributed by atoms with van der Waals surface area (Å²) >= 11 is 17.0. The summed E-state index contributed by atoms with van der Waals surface area (Å²) < 4.78 is 4.81. The summed E-state index contributed by atoms with van der Waals surface area (Å²) in [6, 6.07) is 6.31. The van der Waals surface area contributed by atoms with Crippen molar-refractivity contribution in [3.63, 3.8) is 0 Å². The van der Waals surface area contributed by atoms with Gasteiger partial charge < -0.3 is 4.74 Å². The first kappa shape index (κ1) is 31.0. The molecule has 27 heavy (non-hydrogen) atoms. The van der Waals surface area contributed by atoms with E-state index in [4.69, 9.17) is 55.3 Å². The topological polar surface area (TPSA) is 80.6 Å². The van der Waals surface area contributed by atoms with Crippen LogP contribution in [0.15, 0.2) is 0 Å². The van der Waals surface area contributed by atoms with Crippen LogP contribution in [0.5, 0.6) is 0 Å². The Morgan fingerprint density at radius 2 is 1.52 bits per heavy atom. The molecule has 0 spiro atoms. The van der Waals surface area contributed by atoms with E-state index in [-0.39, 0.29) is 33.9 Å². The quantitative estimate of drug-likeness (QED) is 0.412. The van der Waals surface area contributed by atoms with Gasteiger partial charge >= 0.3 is 0 Å². The maximum Gasteiger partial charge on any atom is 0.0656 e. The molecule has 0 saturated heterocycles. The van der Waals surface area contributed by atoms with Crippen LogP contribution in [0.4, 0.5) is 0 Å². The van der Waals surface area contributed by atoms with E-state index in [1.54, 1.807) is 7.11 Å². The number of alkyl halides is 3. The van der Waals surface area contributed by atoms with Crippen molar-refractivity contribution in [3.05, 3.63) is 0 Å². The summed E-state index contributed by atoms with van der Waals surface area (Å²) in [7, 11) is 1.61. The summed E-state index contributed by atoms with van der Waals surface area (Å²) in [5, 5.41) is 25.2. The molecule has 0 aliphatic heterocycles. The lowest BCUT2D eigenvalue weighted by molar-refractivity contribution is 0.162. The lowest BCUT2D eigenvalue weighted by Crippen LogP contribution is -2.20. The molecule has 0 radical (unpaired) electrons. The number of ether oxygens (including phenoxy) is 1. The number of rotatable bonds is 8. The van der Waals surface area contributed by atoms with Crippen LogP contribution in [0.25, 0.3) is 0 Å². The molecule has 0 saturated carbocycles. The minimum atomic E-state index is -0.0453. The normalized spacial score (nSPS) is 15.7. The molecule has 5 unspecified atom stereocenters. The summed E-state index contributed by atoms with van der Waals surface area (Å²) in [5.74, 6) is 1.05. The van der Waals surface area contributed by atoms with Gasteiger partial charge in [0, 0.05) is 48.4 Å². The molecule has 0 aromatic heterocycles. The highest BCUT2D eigenvalue weighted by Crippen LogP contribution is 2.28. The van der Waals surface area contributed by atoms with Crippen molar-refractivity contribution in [2.24, 2.45) is 23.2 Å². The maximum atomic E-state index is 8.45. The average molecular weight is 439 g/mol. The van der Waals surface area contributed by atoms with Gasteiger partial charge in [0.05, 0.1) is 24.8 Å². The minimum Gasteiger partial charge on any atom is -0.384 e. The number of hydrogen-bond acceptors (Lipinski definition) is 4. The van der Waals surface area contributed by atoms with Crippen LogP contribution in [0, 0.1) is 57.2 Å². The van der Waals surface area contributed by atoms with Crippen LogP contribution in [-0.2, 0) is 4.74 Å². The lowest BCUT2D eigenvalue weighted by atomic mass is 9.87. The van der Waals surface area contributed by atoms with Crippen LogP contribution in [0.3, 0.4) is 0 Å². The number of nitriles is 3. The van der Waals surface area contributed by atoms with Crippen LogP contribution in [0.1, 0.15) is 54.4 Å². The summed E-state index contributed by atoms with van der Waals surface area (Å²) in [6.07, 6.45) is 1.01. The highest BCUT2D eigenvalue weighted by molar-refractivity contribution is 6.21. The van der Waals surface area contributed by atoms with Crippen molar-refractivity contribution in [1.29, 1.82) is 15.8 Å². The first-order valence-electron chi connectivity index (χ1n) is 8.91. The van der Waals surface area contributed by atoms with Gasteiger partial charge in [-0.1, -0.05) is 20.8 Å². The van der Waals surface area contributed by atoms with E-state index < -0.39 is 0 Å². The van der Waals surface area contributed by atoms with Crippen molar-refractivity contribution in [1.82, 2.24) is 0 Å². The highest BCUT2D eigenvalue weighted by atomic mass is 35.5. The number of hydrogen-bond donors (Lipinski definition) is 0. The Morgan fingerprint density at radius 1 is 1.00 bits per heavy atom. The molecule has 0 N–H and O–H groups in total. The van der Waals surface area contributed by atoms with E-state index in [0.717, 1.165) is 0 Å². The standard InChI is InChI=1S/2C7H12ClN.C6H10ClNO/c1-6(8)7(2,3)4-5-9;1-5(4-9)6(2)7(3)8;1-9-5-6(4-7)2-3-8/h6H,4H2,1-3H3;5-7H,1-3H3;6H,2,4-5H2,1H3.